The Kier molecular flexibility index (Phi) is 6.19. The molecule has 27 heavy (non-hydrogen) atoms. The minimum Gasteiger partial charge on any atom is -0.465 e. The van der Waals surface area contributed by atoms with Crippen LogP contribution < -0.4 is 11.1 Å². The van der Waals surface area contributed by atoms with E-state index in [1.165, 1.54) is 18.5 Å². The lowest BCUT2D eigenvalue weighted by Crippen LogP contribution is -2.21. The average molecular weight is 364 g/mol. The predicted octanol–water partition coefficient (Wildman–Crippen LogP) is 2.50. The van der Waals surface area contributed by atoms with Crippen LogP contribution in [-0.4, -0.2) is 24.1 Å². The molecule has 0 spiro atoms. The van der Waals surface area contributed by atoms with Crippen molar-refractivity contribution in [3.8, 4) is 0 Å². The Labute approximate surface area is 157 Å². The Hall–Kier alpha value is -3.61. The van der Waals surface area contributed by atoms with Crippen molar-refractivity contribution in [2.75, 3.05) is 6.54 Å². The molecule has 4 aliphatic heterocycles. The molecule has 0 aromatic carbocycles. The lowest BCUT2D eigenvalue weighted by molar-refractivity contribution is -0.111. The van der Waals surface area contributed by atoms with E-state index >= 15 is 0 Å². The van der Waals surface area contributed by atoms with E-state index in [9.17, 15) is 4.79 Å². The van der Waals surface area contributed by atoms with Crippen LogP contribution in [0.25, 0.3) is 0 Å². The van der Waals surface area contributed by atoms with Crippen molar-refractivity contribution in [1.29, 1.82) is 0 Å². The van der Waals surface area contributed by atoms with Gasteiger partial charge in [-0.05, 0) is 18.6 Å². The highest BCUT2D eigenvalue weighted by Gasteiger charge is 2.15. The summed E-state index contributed by atoms with van der Waals surface area (Å²) in [5.41, 5.74) is 7.14. The van der Waals surface area contributed by atoms with Crippen molar-refractivity contribution in [2.45, 2.75) is 12.8 Å². The summed E-state index contributed by atoms with van der Waals surface area (Å²) in [6.45, 7) is 0.671. The maximum Gasteiger partial charge on any atom is 0.267 e. The molecular formula is C20H20N4O3. The number of dihydropyridines is 1. The molecule has 7 nitrogen and oxygen atoms in total. The number of nitrogens with one attached hydrogen (secondary N) is 1. The van der Waals surface area contributed by atoms with Gasteiger partial charge in [0.05, 0.1) is 24.6 Å². The van der Waals surface area contributed by atoms with Crippen molar-refractivity contribution < 1.29 is 14.3 Å². The van der Waals surface area contributed by atoms with Crippen molar-refractivity contribution >= 4 is 17.5 Å². The monoisotopic (exact) mass is 364 g/mol. The molecule has 3 N–H and O–H groups in total. The van der Waals surface area contributed by atoms with Crippen LogP contribution >= 0.6 is 0 Å². The highest BCUT2D eigenvalue weighted by atomic mass is 16.5. The summed E-state index contributed by atoms with van der Waals surface area (Å²) < 4.78 is 11.1. The van der Waals surface area contributed by atoms with E-state index < -0.39 is 5.91 Å². The maximum absolute atomic E-state index is 11.6. The highest BCUT2D eigenvalue weighted by molar-refractivity contribution is 6.42. The van der Waals surface area contributed by atoms with Gasteiger partial charge < -0.3 is 20.5 Å². The molecule has 1 amide bonds. The quantitative estimate of drug-likeness (QED) is 0.747. The van der Waals surface area contributed by atoms with Gasteiger partial charge in [0.15, 0.2) is 5.90 Å². The summed E-state index contributed by atoms with van der Waals surface area (Å²) in [7, 11) is 0. The number of allylic oxidation sites excluding steroid dienone is 6. The molecular weight excluding hydrogens is 344 g/mol. The molecule has 0 atom stereocenters. The number of carbonyl (C=O) groups excluding carboxylic acids is 1. The number of hydrogen-bond acceptors (Lipinski definition) is 6. The van der Waals surface area contributed by atoms with Gasteiger partial charge in [0.25, 0.3) is 5.91 Å². The van der Waals surface area contributed by atoms with Gasteiger partial charge in [0.2, 0.25) is 0 Å². The SMILES string of the molecule is NC(=O)C1=N/C=C2/CC(=N2)O\C=C/C=C/C=C/CC2=CNCC=C2OC=C1. The minimum absolute atomic E-state index is 0.0778. The van der Waals surface area contributed by atoms with Gasteiger partial charge in [-0.15, -0.1) is 0 Å². The zero-order valence-corrected chi connectivity index (χ0v) is 14.7. The number of ether oxygens (including phenoxy) is 2. The third-order valence-electron chi connectivity index (χ3n) is 3.71. The van der Waals surface area contributed by atoms with Crippen LogP contribution in [-0.2, 0) is 14.3 Å². The van der Waals surface area contributed by atoms with Gasteiger partial charge in [-0.2, -0.15) is 0 Å². The molecule has 0 aromatic heterocycles. The number of nitrogens with two attached hydrogens (primary N) is 1. The van der Waals surface area contributed by atoms with E-state index in [0.717, 1.165) is 11.3 Å². The van der Waals surface area contributed by atoms with Gasteiger partial charge in [-0.25, -0.2) is 9.98 Å². The topological polar surface area (TPSA) is 98.3 Å². The Morgan fingerprint density at radius 3 is 2.85 bits per heavy atom. The lowest BCUT2D eigenvalue weighted by atomic mass is 10.1. The Morgan fingerprint density at radius 1 is 1.15 bits per heavy atom. The van der Waals surface area contributed by atoms with Crippen LogP contribution in [0.5, 0.6) is 0 Å². The van der Waals surface area contributed by atoms with Gasteiger partial charge in [-0.3, -0.25) is 4.79 Å². The third-order valence-corrected chi connectivity index (χ3v) is 3.71. The first-order chi connectivity index (χ1) is 13.2. The fraction of sp³-hybridized carbons (Fsp3) is 0.150. The zero-order chi connectivity index (χ0) is 18.9. The van der Waals surface area contributed by atoms with Crippen LogP contribution in [0.1, 0.15) is 12.8 Å². The summed E-state index contributed by atoms with van der Waals surface area (Å²) in [5.74, 6) is 0.661. The van der Waals surface area contributed by atoms with Crippen LogP contribution in [0.4, 0.5) is 0 Å². The minimum atomic E-state index is -0.649. The number of aliphatic imine (C=N–C) groups is 2. The predicted molar refractivity (Wildman–Crippen MR) is 104 cm³/mol. The van der Waals surface area contributed by atoms with Crippen LogP contribution in [0.3, 0.4) is 0 Å². The second-order valence-electron chi connectivity index (χ2n) is 5.71. The molecule has 4 rings (SSSR count). The molecule has 4 aliphatic rings. The summed E-state index contributed by atoms with van der Waals surface area (Å²) in [5, 5.41) is 3.15. The maximum atomic E-state index is 11.6. The van der Waals surface area contributed by atoms with Gasteiger partial charge >= 0.3 is 0 Å². The smallest absolute Gasteiger partial charge is 0.267 e. The lowest BCUT2D eigenvalue weighted by Gasteiger charge is -2.15. The fourth-order valence-electron chi connectivity index (χ4n) is 2.33. The largest absolute Gasteiger partial charge is 0.465 e. The second-order valence-corrected chi connectivity index (χ2v) is 5.71. The standard InChI is InChI=1S/C20H20N4O3/c21-20(25)17-8-11-26-18-7-9-22-13-15(18)6-4-2-1-3-5-10-27-19-12-16(24-19)14-23-17/h1-5,7-8,10-11,13-14,22H,6,9,12H2,(H2,21,25)/b3-1+,4-2+,10-5-,11-8?,16-14-,23-17?. The average Bonchev–Trinajstić information content (AvgIpc) is 2.63. The number of fused-ring (bicyclic) bond motifs is 7. The van der Waals surface area contributed by atoms with Crippen LogP contribution in [0.2, 0.25) is 0 Å². The van der Waals surface area contributed by atoms with Crippen molar-refractivity contribution in [1.82, 2.24) is 5.32 Å². The number of hydrogen-bond donors (Lipinski definition) is 2. The Morgan fingerprint density at radius 2 is 2.00 bits per heavy atom. The Bertz CT molecular complexity index is 868. The van der Waals surface area contributed by atoms with E-state index in [-0.39, 0.29) is 5.71 Å². The molecule has 0 saturated heterocycles. The van der Waals surface area contributed by atoms with E-state index in [4.69, 9.17) is 15.2 Å². The van der Waals surface area contributed by atoms with E-state index in [0.29, 0.717) is 31.0 Å². The number of nitrogens with zero attached hydrogens (tertiary/aromatic N) is 2. The van der Waals surface area contributed by atoms with Gasteiger partial charge in [0.1, 0.15) is 11.5 Å². The van der Waals surface area contributed by atoms with E-state index in [1.807, 2.05) is 36.6 Å². The van der Waals surface area contributed by atoms with Crippen LogP contribution in [0, 0.1) is 0 Å². The van der Waals surface area contributed by atoms with Gasteiger partial charge in [-0.1, -0.05) is 24.3 Å². The van der Waals surface area contributed by atoms with E-state index in [2.05, 4.69) is 15.3 Å². The number of amides is 1. The summed E-state index contributed by atoms with van der Waals surface area (Å²) in [4.78, 5) is 19.8. The fourth-order valence-corrected chi connectivity index (χ4v) is 2.33. The van der Waals surface area contributed by atoms with Crippen molar-refractivity contribution in [2.24, 2.45) is 15.7 Å². The highest BCUT2D eigenvalue weighted by Crippen LogP contribution is 2.19. The molecule has 7 heteroatoms. The van der Waals surface area contributed by atoms with Crippen molar-refractivity contribution in [3.63, 3.8) is 0 Å². The summed E-state index contributed by atoms with van der Waals surface area (Å²) in [6.07, 6.45) is 20.5. The summed E-state index contributed by atoms with van der Waals surface area (Å²) >= 11 is 0. The number of primary amides is 1. The number of carbonyl (C=O) groups is 1. The Balaban J connectivity index is 1.82. The molecule has 4 heterocycles. The van der Waals surface area contributed by atoms with Crippen molar-refractivity contribution in [3.05, 3.63) is 84.5 Å². The molecule has 0 radical (unpaired) electrons. The first-order valence-electron chi connectivity index (χ1n) is 8.48. The van der Waals surface area contributed by atoms with Gasteiger partial charge in [0, 0.05) is 30.6 Å². The molecule has 0 saturated carbocycles. The molecule has 0 aliphatic carbocycles. The zero-order valence-electron chi connectivity index (χ0n) is 14.7. The number of rotatable bonds is 1. The summed E-state index contributed by atoms with van der Waals surface area (Å²) in [6, 6.07) is 0. The molecule has 0 aromatic rings. The molecule has 0 unspecified atom stereocenters. The molecule has 2 bridgehead atoms. The first kappa shape index (κ1) is 18.2. The van der Waals surface area contributed by atoms with E-state index in [1.54, 1.807) is 12.3 Å². The normalized spacial score (nSPS) is 25.1. The second kappa shape index (κ2) is 9.19. The third kappa shape index (κ3) is 5.43. The molecule has 0 fully saturated rings. The van der Waals surface area contributed by atoms with Crippen LogP contribution in [0.15, 0.2) is 94.5 Å². The first-order valence-corrected chi connectivity index (χ1v) is 8.48. The molecule has 138 valence electrons.